The molecule has 6 heteroatoms. The van der Waals surface area contributed by atoms with Crippen LogP contribution in [0.3, 0.4) is 0 Å². The number of hydrogen-bond acceptors (Lipinski definition) is 4. The summed E-state index contributed by atoms with van der Waals surface area (Å²) < 4.78 is 1.67. The van der Waals surface area contributed by atoms with E-state index in [2.05, 4.69) is 28.9 Å². The number of carbonyl (C=O) groups is 1. The van der Waals surface area contributed by atoms with Crippen molar-refractivity contribution >= 4 is 5.97 Å². The predicted octanol–water partition coefficient (Wildman–Crippen LogP) is 2.39. The van der Waals surface area contributed by atoms with E-state index in [4.69, 9.17) is 0 Å². The number of carboxylic acid groups (broad SMARTS) is 1. The summed E-state index contributed by atoms with van der Waals surface area (Å²) in [6.45, 7) is 6.73. The molecular formula is C14H18N4O2. The highest BCUT2D eigenvalue weighted by molar-refractivity contribution is 5.94. The van der Waals surface area contributed by atoms with Crippen molar-refractivity contribution in [2.45, 2.75) is 33.7 Å². The molecule has 0 amide bonds. The van der Waals surface area contributed by atoms with Crippen molar-refractivity contribution in [3.8, 4) is 11.4 Å². The van der Waals surface area contributed by atoms with Crippen LogP contribution in [0.1, 0.15) is 36.3 Å². The molecule has 2 rings (SSSR count). The van der Waals surface area contributed by atoms with Gasteiger partial charge in [-0.1, -0.05) is 13.8 Å². The molecule has 1 N–H and O–H groups in total. The predicted molar refractivity (Wildman–Crippen MR) is 74.4 cm³/mol. The van der Waals surface area contributed by atoms with E-state index in [9.17, 15) is 9.90 Å². The summed E-state index contributed by atoms with van der Waals surface area (Å²) in [6, 6.07) is 0. The molecule has 0 fully saturated rings. The Kier molecular flexibility index (Phi) is 4.12. The van der Waals surface area contributed by atoms with Crippen molar-refractivity contribution in [1.29, 1.82) is 0 Å². The van der Waals surface area contributed by atoms with Crippen LogP contribution in [-0.4, -0.2) is 30.8 Å². The van der Waals surface area contributed by atoms with Crippen LogP contribution in [0.15, 0.2) is 18.6 Å². The van der Waals surface area contributed by atoms with Crippen molar-refractivity contribution in [1.82, 2.24) is 19.7 Å². The zero-order valence-corrected chi connectivity index (χ0v) is 11.9. The van der Waals surface area contributed by atoms with E-state index in [0.717, 1.165) is 6.42 Å². The van der Waals surface area contributed by atoms with Crippen LogP contribution < -0.4 is 0 Å². The van der Waals surface area contributed by atoms with Crippen molar-refractivity contribution in [2.75, 3.05) is 0 Å². The Balaban J connectivity index is 2.41. The number of aryl methyl sites for hydroxylation is 2. The third-order valence-electron chi connectivity index (χ3n) is 3.03. The molecule has 0 saturated heterocycles. The number of rotatable bonds is 5. The maximum Gasteiger partial charge on any atom is 0.339 e. The van der Waals surface area contributed by atoms with Crippen molar-refractivity contribution in [2.24, 2.45) is 5.92 Å². The van der Waals surface area contributed by atoms with Crippen LogP contribution in [-0.2, 0) is 6.54 Å². The number of aromatic nitrogens is 4. The summed E-state index contributed by atoms with van der Waals surface area (Å²) in [5, 5.41) is 13.7. The first kappa shape index (κ1) is 14.2. The molecule has 0 aliphatic heterocycles. The number of aromatic carboxylic acids is 1. The van der Waals surface area contributed by atoms with Gasteiger partial charge in [0.1, 0.15) is 17.0 Å². The Morgan fingerprint density at radius 2 is 2.00 bits per heavy atom. The van der Waals surface area contributed by atoms with Gasteiger partial charge in [0.15, 0.2) is 0 Å². The molecule has 0 unspecified atom stereocenters. The Hall–Kier alpha value is -2.24. The second-order valence-electron chi connectivity index (χ2n) is 5.13. The third-order valence-corrected chi connectivity index (χ3v) is 3.03. The Morgan fingerprint density at radius 3 is 2.60 bits per heavy atom. The maximum absolute atomic E-state index is 11.4. The second-order valence-corrected chi connectivity index (χ2v) is 5.13. The normalized spacial score (nSPS) is 11.0. The lowest BCUT2D eigenvalue weighted by molar-refractivity contribution is 0.0697. The van der Waals surface area contributed by atoms with Crippen LogP contribution in [0.5, 0.6) is 0 Å². The molecule has 0 aliphatic carbocycles. The molecule has 0 atom stereocenters. The first-order valence-electron chi connectivity index (χ1n) is 6.57. The molecular weight excluding hydrogens is 256 g/mol. The van der Waals surface area contributed by atoms with Crippen LogP contribution >= 0.6 is 0 Å². The molecule has 2 heterocycles. The third kappa shape index (κ3) is 3.01. The van der Waals surface area contributed by atoms with E-state index < -0.39 is 5.97 Å². The molecule has 0 radical (unpaired) electrons. The lowest BCUT2D eigenvalue weighted by Crippen LogP contribution is -2.02. The van der Waals surface area contributed by atoms with E-state index in [1.165, 1.54) is 0 Å². The monoisotopic (exact) mass is 274 g/mol. The van der Waals surface area contributed by atoms with Crippen LogP contribution in [0.25, 0.3) is 11.4 Å². The highest BCUT2D eigenvalue weighted by Gasteiger charge is 2.19. The van der Waals surface area contributed by atoms with Gasteiger partial charge >= 0.3 is 5.97 Å². The largest absolute Gasteiger partial charge is 0.478 e. The number of carboxylic acids is 1. The van der Waals surface area contributed by atoms with Crippen LogP contribution in [0.4, 0.5) is 0 Å². The fourth-order valence-corrected chi connectivity index (χ4v) is 1.90. The lowest BCUT2D eigenvalue weighted by atomic mass is 10.1. The van der Waals surface area contributed by atoms with Gasteiger partial charge in [-0.05, 0) is 19.3 Å². The summed E-state index contributed by atoms with van der Waals surface area (Å²) in [5.74, 6) is -0.463. The summed E-state index contributed by atoms with van der Waals surface area (Å²) in [7, 11) is 0. The first-order valence-corrected chi connectivity index (χ1v) is 6.57. The van der Waals surface area contributed by atoms with Gasteiger partial charge in [-0.2, -0.15) is 5.10 Å². The second kappa shape index (κ2) is 5.81. The van der Waals surface area contributed by atoms with E-state index in [1.54, 1.807) is 30.2 Å². The molecule has 0 spiro atoms. The molecule has 0 saturated carbocycles. The molecule has 2 aromatic rings. The highest BCUT2D eigenvalue weighted by Crippen LogP contribution is 2.22. The molecule has 106 valence electrons. The minimum atomic E-state index is -0.999. The van der Waals surface area contributed by atoms with E-state index in [0.29, 0.717) is 29.5 Å². The average molecular weight is 274 g/mol. The van der Waals surface area contributed by atoms with Gasteiger partial charge in [-0.25, -0.2) is 4.79 Å². The van der Waals surface area contributed by atoms with Crippen molar-refractivity contribution in [3.63, 3.8) is 0 Å². The minimum Gasteiger partial charge on any atom is -0.478 e. The van der Waals surface area contributed by atoms with E-state index in [-0.39, 0.29) is 5.56 Å². The van der Waals surface area contributed by atoms with Gasteiger partial charge in [0.2, 0.25) is 0 Å². The SMILES string of the molecule is Cc1nccnc1-c1nn(CCC(C)C)cc1C(=O)O. The summed E-state index contributed by atoms with van der Waals surface area (Å²) in [4.78, 5) is 19.7. The molecule has 20 heavy (non-hydrogen) atoms. The maximum atomic E-state index is 11.4. The fourth-order valence-electron chi connectivity index (χ4n) is 1.90. The zero-order chi connectivity index (χ0) is 14.7. The zero-order valence-electron chi connectivity index (χ0n) is 11.9. The molecule has 0 aliphatic rings. The quantitative estimate of drug-likeness (QED) is 0.905. The van der Waals surface area contributed by atoms with Gasteiger partial charge in [0.25, 0.3) is 0 Å². The summed E-state index contributed by atoms with van der Waals surface area (Å²) >= 11 is 0. The number of hydrogen-bond donors (Lipinski definition) is 1. The van der Waals surface area contributed by atoms with Gasteiger partial charge in [-0.3, -0.25) is 14.6 Å². The minimum absolute atomic E-state index is 0.164. The molecule has 0 bridgehead atoms. The Labute approximate surface area is 117 Å². The van der Waals surface area contributed by atoms with Crippen LogP contribution in [0.2, 0.25) is 0 Å². The number of nitrogens with zero attached hydrogens (tertiary/aromatic N) is 4. The van der Waals surface area contributed by atoms with Crippen molar-refractivity contribution in [3.05, 3.63) is 29.8 Å². The fraction of sp³-hybridized carbons (Fsp3) is 0.429. The van der Waals surface area contributed by atoms with Gasteiger partial charge in [0, 0.05) is 25.1 Å². The van der Waals surface area contributed by atoms with E-state index >= 15 is 0 Å². The van der Waals surface area contributed by atoms with Gasteiger partial charge in [0.05, 0.1) is 5.69 Å². The van der Waals surface area contributed by atoms with Gasteiger partial charge in [-0.15, -0.1) is 0 Å². The molecule has 0 aromatic carbocycles. The summed E-state index contributed by atoms with van der Waals surface area (Å²) in [6.07, 6.45) is 5.63. The van der Waals surface area contributed by atoms with Crippen molar-refractivity contribution < 1.29 is 9.90 Å². The average Bonchev–Trinajstić information content (AvgIpc) is 2.81. The van der Waals surface area contributed by atoms with E-state index in [1.807, 2.05) is 0 Å². The lowest BCUT2D eigenvalue weighted by Gasteiger charge is -2.04. The molecule has 2 aromatic heterocycles. The Bertz CT molecular complexity index is 619. The molecule has 6 nitrogen and oxygen atoms in total. The standard InChI is InChI=1S/C14H18N4O2/c1-9(2)4-7-18-8-11(14(19)20)13(17-18)12-10(3)15-5-6-16-12/h5-6,8-9H,4,7H2,1-3H3,(H,19,20). The topological polar surface area (TPSA) is 80.9 Å². The Morgan fingerprint density at radius 1 is 1.30 bits per heavy atom. The highest BCUT2D eigenvalue weighted by atomic mass is 16.4. The van der Waals surface area contributed by atoms with Gasteiger partial charge < -0.3 is 5.11 Å². The summed E-state index contributed by atoms with van der Waals surface area (Å²) in [5.41, 5.74) is 1.74. The smallest absolute Gasteiger partial charge is 0.339 e. The van der Waals surface area contributed by atoms with Crippen LogP contribution in [0, 0.1) is 12.8 Å². The first-order chi connectivity index (χ1) is 9.49.